The third kappa shape index (κ3) is 4.44. The number of nitrogens with zero attached hydrogens (tertiary/aromatic N) is 3. The van der Waals surface area contributed by atoms with Gasteiger partial charge in [-0.15, -0.1) is 0 Å². The summed E-state index contributed by atoms with van der Waals surface area (Å²) in [7, 11) is 1.77. The molecule has 1 aromatic heterocycles. The van der Waals surface area contributed by atoms with Crippen LogP contribution in [-0.4, -0.2) is 49.4 Å². The number of rotatable bonds is 3. The van der Waals surface area contributed by atoms with Crippen molar-refractivity contribution in [3.8, 4) is 0 Å². The maximum absolute atomic E-state index is 13.9. The van der Waals surface area contributed by atoms with Crippen molar-refractivity contribution in [2.24, 2.45) is 5.92 Å². The summed E-state index contributed by atoms with van der Waals surface area (Å²) < 4.78 is 11.4. The van der Waals surface area contributed by atoms with Crippen LogP contribution in [0.1, 0.15) is 45.1 Å². The number of pyridine rings is 1. The zero-order chi connectivity index (χ0) is 22.9. The first kappa shape index (κ1) is 22.2. The lowest BCUT2D eigenvalue weighted by molar-refractivity contribution is -0.124. The Balaban J connectivity index is 1.50. The minimum atomic E-state index is 0.0217. The Morgan fingerprint density at radius 3 is 2.79 bits per heavy atom. The molecule has 2 fully saturated rings. The van der Waals surface area contributed by atoms with Crippen LogP contribution in [0.5, 0.6) is 0 Å². The summed E-state index contributed by atoms with van der Waals surface area (Å²) >= 11 is 0. The summed E-state index contributed by atoms with van der Waals surface area (Å²) in [6.45, 7) is 6.36. The third-order valence-corrected chi connectivity index (χ3v) is 7.31. The highest BCUT2D eigenvalue weighted by Gasteiger charge is 2.33. The fraction of sp³-hybridized carbons (Fsp3) is 0.538. The Bertz CT molecular complexity index is 1000. The summed E-state index contributed by atoms with van der Waals surface area (Å²) in [5.74, 6) is 1.04. The van der Waals surface area contributed by atoms with Crippen LogP contribution in [0.3, 0.4) is 0 Å². The number of carbonyl (C=O) groups is 1. The molecule has 3 aliphatic rings. The summed E-state index contributed by atoms with van der Waals surface area (Å²) in [4.78, 5) is 22.8. The van der Waals surface area contributed by atoms with E-state index in [0.29, 0.717) is 13.2 Å². The van der Waals surface area contributed by atoms with Crippen molar-refractivity contribution in [3.05, 3.63) is 42.1 Å². The molecule has 3 heterocycles. The Morgan fingerprint density at radius 1 is 1.18 bits per heavy atom. The van der Waals surface area contributed by atoms with Crippen LogP contribution in [0, 0.1) is 5.92 Å². The molecule has 33 heavy (non-hydrogen) atoms. The number of benzene rings is 1. The fourth-order valence-corrected chi connectivity index (χ4v) is 5.32. The number of methoxy groups -OCH3 is 1. The van der Waals surface area contributed by atoms with Gasteiger partial charge in [-0.1, -0.05) is 6.07 Å². The van der Waals surface area contributed by atoms with E-state index in [-0.39, 0.29) is 30.1 Å². The van der Waals surface area contributed by atoms with E-state index in [2.05, 4.69) is 53.3 Å². The number of hydrogen-bond donors (Lipinski definition) is 1. The second-order valence-electron chi connectivity index (χ2n) is 9.62. The zero-order valence-electron chi connectivity index (χ0n) is 19.8. The predicted octanol–water partition coefficient (Wildman–Crippen LogP) is 4.49. The van der Waals surface area contributed by atoms with Crippen LogP contribution in [0.2, 0.25) is 0 Å². The second-order valence-corrected chi connectivity index (χ2v) is 9.62. The molecule has 2 aromatic rings. The van der Waals surface area contributed by atoms with Gasteiger partial charge >= 0.3 is 0 Å². The number of hydrogen-bond acceptors (Lipinski definition) is 6. The van der Waals surface area contributed by atoms with Gasteiger partial charge in [0.1, 0.15) is 5.82 Å². The number of amides is 1. The highest BCUT2D eigenvalue weighted by atomic mass is 16.5. The van der Waals surface area contributed by atoms with Crippen molar-refractivity contribution in [2.45, 2.75) is 64.3 Å². The zero-order valence-corrected chi connectivity index (χ0v) is 19.8. The van der Waals surface area contributed by atoms with Gasteiger partial charge < -0.3 is 24.6 Å². The minimum absolute atomic E-state index is 0.0217. The molecular formula is C26H34N4O3. The van der Waals surface area contributed by atoms with E-state index in [0.717, 1.165) is 60.7 Å². The van der Waals surface area contributed by atoms with Crippen LogP contribution < -0.4 is 15.1 Å². The summed E-state index contributed by atoms with van der Waals surface area (Å²) in [5, 5.41) is 3.49. The summed E-state index contributed by atoms with van der Waals surface area (Å²) in [6.07, 6.45) is 5.86. The van der Waals surface area contributed by atoms with Crippen molar-refractivity contribution in [2.75, 3.05) is 35.4 Å². The van der Waals surface area contributed by atoms with Gasteiger partial charge in [0.15, 0.2) is 0 Å². The maximum Gasteiger partial charge on any atom is 0.230 e. The van der Waals surface area contributed by atoms with Crippen molar-refractivity contribution in [1.82, 2.24) is 4.98 Å². The number of ether oxygens (including phenoxy) is 2. The molecule has 7 nitrogen and oxygen atoms in total. The molecule has 2 aliphatic heterocycles. The van der Waals surface area contributed by atoms with Gasteiger partial charge in [0.2, 0.25) is 5.91 Å². The van der Waals surface area contributed by atoms with Crippen LogP contribution in [0.15, 0.2) is 36.5 Å². The monoisotopic (exact) mass is 450 g/mol. The van der Waals surface area contributed by atoms with Crippen molar-refractivity contribution in [1.29, 1.82) is 0 Å². The molecule has 0 unspecified atom stereocenters. The lowest BCUT2D eigenvalue weighted by Crippen LogP contribution is -2.47. The first-order chi connectivity index (χ1) is 16.0. The second kappa shape index (κ2) is 9.31. The average molecular weight is 451 g/mol. The SMILES string of the molecule is CO[C@H]1CC[C@H](C(=O)N2Cc3cccnc3Nc3ccc(N4C[C@H](C)OC[C@@H]4C)cc32)CC1. The first-order valence-corrected chi connectivity index (χ1v) is 12.1. The van der Waals surface area contributed by atoms with Crippen LogP contribution >= 0.6 is 0 Å². The first-order valence-electron chi connectivity index (χ1n) is 12.1. The number of aromatic nitrogens is 1. The topological polar surface area (TPSA) is 66.9 Å². The molecule has 0 radical (unpaired) electrons. The molecule has 1 saturated carbocycles. The third-order valence-electron chi connectivity index (χ3n) is 7.31. The summed E-state index contributed by atoms with van der Waals surface area (Å²) in [5.41, 5.74) is 4.00. The Morgan fingerprint density at radius 2 is 2.00 bits per heavy atom. The molecule has 0 bridgehead atoms. The lowest BCUT2D eigenvalue weighted by atomic mass is 9.86. The number of morpholine rings is 1. The number of carbonyl (C=O) groups excluding carboxylic acids is 1. The predicted molar refractivity (Wildman–Crippen MR) is 130 cm³/mol. The maximum atomic E-state index is 13.9. The normalized spacial score (nSPS) is 27.2. The van der Waals surface area contributed by atoms with E-state index in [1.165, 1.54) is 0 Å². The number of fused-ring (bicyclic) bond motifs is 2. The van der Waals surface area contributed by atoms with Gasteiger partial charge in [-0.3, -0.25) is 4.79 Å². The molecule has 1 aliphatic carbocycles. The van der Waals surface area contributed by atoms with Gasteiger partial charge in [-0.2, -0.15) is 0 Å². The molecular weight excluding hydrogens is 416 g/mol. The van der Waals surface area contributed by atoms with Crippen LogP contribution in [0.25, 0.3) is 0 Å². The highest BCUT2D eigenvalue weighted by Crippen LogP contribution is 2.40. The summed E-state index contributed by atoms with van der Waals surface area (Å²) in [6, 6.07) is 10.7. The molecule has 1 aromatic carbocycles. The van der Waals surface area contributed by atoms with E-state index in [1.54, 1.807) is 13.3 Å². The standard InChI is InChI=1S/C26H34N4O3/c1-17-16-33-18(2)14-29(17)21-8-11-23-24(13-21)30(15-20-5-4-12-27-25(20)28-23)26(31)19-6-9-22(32-3)10-7-19/h4-5,8,11-13,17-19,22H,6-7,9-10,14-16H2,1-3H3,(H,27,28)/t17-,18-,19-,22-/m0/s1. The Labute approximate surface area is 196 Å². The highest BCUT2D eigenvalue weighted by molar-refractivity contribution is 6.00. The Kier molecular flexibility index (Phi) is 6.25. The van der Waals surface area contributed by atoms with Gasteiger partial charge in [0, 0.05) is 43.1 Å². The largest absolute Gasteiger partial charge is 0.381 e. The molecule has 1 N–H and O–H groups in total. The van der Waals surface area contributed by atoms with Crippen molar-refractivity contribution >= 4 is 28.8 Å². The quantitative estimate of drug-likeness (QED) is 0.743. The van der Waals surface area contributed by atoms with Crippen LogP contribution in [0.4, 0.5) is 22.9 Å². The molecule has 5 rings (SSSR count). The molecule has 7 heteroatoms. The van der Waals surface area contributed by atoms with Gasteiger partial charge in [-0.25, -0.2) is 4.98 Å². The number of nitrogens with one attached hydrogen (secondary N) is 1. The smallest absolute Gasteiger partial charge is 0.230 e. The van der Waals surface area contributed by atoms with E-state index in [4.69, 9.17) is 9.47 Å². The molecule has 2 atom stereocenters. The van der Waals surface area contributed by atoms with Gasteiger partial charge in [0.05, 0.1) is 36.7 Å². The van der Waals surface area contributed by atoms with Crippen molar-refractivity contribution in [3.63, 3.8) is 0 Å². The Hall–Kier alpha value is -2.64. The van der Waals surface area contributed by atoms with E-state index >= 15 is 0 Å². The molecule has 176 valence electrons. The number of anilines is 4. The van der Waals surface area contributed by atoms with E-state index < -0.39 is 0 Å². The molecule has 0 spiro atoms. The van der Waals surface area contributed by atoms with Crippen LogP contribution in [-0.2, 0) is 20.8 Å². The van der Waals surface area contributed by atoms with Crippen molar-refractivity contribution < 1.29 is 14.3 Å². The van der Waals surface area contributed by atoms with E-state index in [9.17, 15) is 4.79 Å². The minimum Gasteiger partial charge on any atom is -0.381 e. The average Bonchev–Trinajstić information content (AvgIpc) is 3.01. The van der Waals surface area contributed by atoms with E-state index in [1.807, 2.05) is 11.0 Å². The lowest BCUT2D eigenvalue weighted by Gasteiger charge is -2.39. The van der Waals surface area contributed by atoms with Gasteiger partial charge in [0.25, 0.3) is 0 Å². The fourth-order valence-electron chi connectivity index (χ4n) is 5.32. The van der Waals surface area contributed by atoms with Gasteiger partial charge in [-0.05, 0) is 63.8 Å². The molecule has 1 saturated heterocycles. The molecule has 1 amide bonds.